The van der Waals surface area contributed by atoms with Gasteiger partial charge in [-0.1, -0.05) is 36.0 Å². The van der Waals surface area contributed by atoms with Gasteiger partial charge in [0.1, 0.15) is 16.3 Å². The molecule has 0 saturated carbocycles. The third-order valence-electron chi connectivity index (χ3n) is 4.83. The van der Waals surface area contributed by atoms with Gasteiger partial charge in [-0.05, 0) is 38.1 Å². The molecule has 6 nitrogen and oxygen atoms in total. The van der Waals surface area contributed by atoms with Crippen LogP contribution in [0.4, 0.5) is 13.2 Å². The van der Waals surface area contributed by atoms with Gasteiger partial charge in [0.05, 0.1) is 17.9 Å². The highest BCUT2D eigenvalue weighted by Gasteiger charge is 2.31. The molecule has 0 aliphatic carbocycles. The van der Waals surface area contributed by atoms with E-state index in [1.165, 1.54) is 12.1 Å². The lowest BCUT2D eigenvalue weighted by atomic mass is 10.2. The summed E-state index contributed by atoms with van der Waals surface area (Å²) in [5.74, 6) is -0.513. The van der Waals surface area contributed by atoms with E-state index in [1.54, 1.807) is 38.1 Å². The van der Waals surface area contributed by atoms with Gasteiger partial charge in [0.2, 0.25) is 0 Å². The molecule has 2 aromatic heterocycles. The second-order valence-electron chi connectivity index (χ2n) is 6.99. The third kappa shape index (κ3) is 3.97. The number of ether oxygens (including phenoxy) is 1. The maximum Gasteiger partial charge on any atom is 0.416 e. The third-order valence-corrected chi connectivity index (χ3v) is 5.86. The predicted molar refractivity (Wildman–Crippen MR) is 116 cm³/mol. The number of hydrogen-bond donors (Lipinski definition) is 1. The van der Waals surface area contributed by atoms with Crippen molar-refractivity contribution in [2.45, 2.75) is 30.4 Å². The summed E-state index contributed by atoms with van der Waals surface area (Å²) in [6.07, 6.45) is -4.58. The second kappa shape index (κ2) is 8.34. The van der Waals surface area contributed by atoms with Gasteiger partial charge in [0.15, 0.2) is 5.16 Å². The molecule has 4 aromatic rings. The van der Waals surface area contributed by atoms with E-state index >= 15 is 0 Å². The van der Waals surface area contributed by atoms with Crippen LogP contribution < -0.4 is 5.56 Å². The van der Waals surface area contributed by atoms with Crippen molar-refractivity contribution in [1.29, 1.82) is 0 Å². The number of carbonyl (C=O) groups is 1. The Hall–Kier alpha value is -3.27. The van der Waals surface area contributed by atoms with E-state index in [2.05, 4.69) is 9.97 Å². The quantitative estimate of drug-likeness (QED) is 0.259. The molecule has 1 N–H and O–H groups in total. The standard InChI is InChI=1S/C22H18F3N3O3S/c1-3-31-20(30)12(2)32-21-27-17-15-9-4-5-10-16(15)26-18(17)19(29)28(21)14-8-6-7-13(11-14)22(23,24)25/h4-12,26H,3H2,1-2H3. The fourth-order valence-electron chi connectivity index (χ4n) is 3.34. The Balaban J connectivity index is 1.97. The Bertz CT molecular complexity index is 1380. The molecule has 166 valence electrons. The van der Waals surface area contributed by atoms with Crippen molar-refractivity contribution in [3.63, 3.8) is 0 Å². The summed E-state index contributed by atoms with van der Waals surface area (Å²) < 4.78 is 46.0. The van der Waals surface area contributed by atoms with Crippen LogP contribution in [-0.4, -0.2) is 32.4 Å². The first-order chi connectivity index (χ1) is 15.2. The van der Waals surface area contributed by atoms with Crippen LogP contribution in [0.2, 0.25) is 0 Å². The Morgan fingerprint density at radius 1 is 1.22 bits per heavy atom. The number of nitrogens with zero attached hydrogens (tertiary/aromatic N) is 2. The van der Waals surface area contributed by atoms with Crippen molar-refractivity contribution in [3.8, 4) is 5.69 Å². The summed E-state index contributed by atoms with van der Waals surface area (Å²) in [6.45, 7) is 3.44. The molecule has 0 fully saturated rings. The van der Waals surface area contributed by atoms with Crippen molar-refractivity contribution in [2.75, 3.05) is 6.61 Å². The zero-order chi connectivity index (χ0) is 23.0. The van der Waals surface area contributed by atoms with Gasteiger partial charge in [-0.15, -0.1) is 0 Å². The number of benzene rings is 2. The molecule has 2 aromatic carbocycles. The SMILES string of the molecule is CCOC(=O)C(C)Sc1nc2c([nH]c3ccccc32)c(=O)n1-c1cccc(C(F)(F)F)c1. The van der Waals surface area contributed by atoms with E-state index in [1.807, 2.05) is 0 Å². The van der Waals surface area contributed by atoms with Crippen molar-refractivity contribution < 1.29 is 22.7 Å². The molecular weight excluding hydrogens is 443 g/mol. The summed E-state index contributed by atoms with van der Waals surface area (Å²) in [7, 11) is 0. The van der Waals surface area contributed by atoms with Crippen LogP contribution in [0.1, 0.15) is 19.4 Å². The van der Waals surface area contributed by atoms with Crippen molar-refractivity contribution in [3.05, 3.63) is 64.4 Å². The van der Waals surface area contributed by atoms with Crippen LogP contribution in [0.3, 0.4) is 0 Å². The molecule has 32 heavy (non-hydrogen) atoms. The van der Waals surface area contributed by atoms with E-state index in [9.17, 15) is 22.8 Å². The smallest absolute Gasteiger partial charge is 0.416 e. The molecule has 0 radical (unpaired) electrons. The van der Waals surface area contributed by atoms with Gasteiger partial charge in [-0.2, -0.15) is 13.2 Å². The maximum atomic E-state index is 13.4. The normalized spacial score (nSPS) is 12.9. The summed E-state index contributed by atoms with van der Waals surface area (Å²) in [5.41, 5.74) is -0.249. The number of aromatic amines is 1. The summed E-state index contributed by atoms with van der Waals surface area (Å²) in [6, 6.07) is 11.6. The number of halogens is 3. The Morgan fingerprint density at radius 3 is 2.69 bits per heavy atom. The maximum absolute atomic E-state index is 13.4. The van der Waals surface area contributed by atoms with Gasteiger partial charge in [0, 0.05) is 10.9 Å². The zero-order valence-corrected chi connectivity index (χ0v) is 17.9. The van der Waals surface area contributed by atoms with Gasteiger partial charge in [-0.3, -0.25) is 14.2 Å². The van der Waals surface area contributed by atoms with Gasteiger partial charge in [-0.25, -0.2) is 4.98 Å². The van der Waals surface area contributed by atoms with Gasteiger partial charge in [0.25, 0.3) is 5.56 Å². The fourth-order valence-corrected chi connectivity index (χ4v) is 4.25. The first kappa shape index (κ1) is 21.9. The summed E-state index contributed by atoms with van der Waals surface area (Å²) in [4.78, 5) is 33.2. The number of alkyl halides is 3. The van der Waals surface area contributed by atoms with Crippen molar-refractivity contribution in [2.24, 2.45) is 0 Å². The molecule has 1 atom stereocenters. The van der Waals surface area contributed by atoms with E-state index in [-0.39, 0.29) is 23.0 Å². The first-order valence-corrected chi connectivity index (χ1v) is 10.6. The highest BCUT2D eigenvalue weighted by Crippen LogP contribution is 2.32. The van der Waals surface area contributed by atoms with Crippen LogP contribution in [0.5, 0.6) is 0 Å². The average Bonchev–Trinajstić information content (AvgIpc) is 3.13. The molecule has 2 heterocycles. The molecule has 4 rings (SSSR count). The van der Waals surface area contributed by atoms with Crippen LogP contribution in [-0.2, 0) is 15.7 Å². The minimum absolute atomic E-state index is 0.00330. The molecule has 0 aliphatic heterocycles. The lowest BCUT2D eigenvalue weighted by Crippen LogP contribution is -2.24. The van der Waals surface area contributed by atoms with Crippen molar-refractivity contribution in [1.82, 2.24) is 14.5 Å². The number of aromatic nitrogens is 3. The number of H-pyrrole nitrogens is 1. The van der Waals surface area contributed by atoms with Crippen LogP contribution in [0, 0.1) is 0 Å². The number of carbonyl (C=O) groups excluding carboxylic acids is 1. The number of hydrogen-bond acceptors (Lipinski definition) is 5. The van der Waals surface area contributed by atoms with Crippen LogP contribution in [0.25, 0.3) is 27.6 Å². The number of nitrogens with one attached hydrogen (secondary N) is 1. The highest BCUT2D eigenvalue weighted by atomic mass is 32.2. The molecule has 10 heteroatoms. The monoisotopic (exact) mass is 461 g/mol. The molecule has 1 unspecified atom stereocenters. The van der Waals surface area contributed by atoms with Gasteiger partial charge < -0.3 is 9.72 Å². The molecule has 0 bridgehead atoms. The zero-order valence-electron chi connectivity index (χ0n) is 17.1. The average molecular weight is 461 g/mol. The van der Waals surface area contributed by atoms with Gasteiger partial charge >= 0.3 is 12.1 Å². The fraction of sp³-hybridized carbons (Fsp3) is 0.227. The lowest BCUT2D eigenvalue weighted by Gasteiger charge is -2.16. The van der Waals surface area contributed by atoms with Crippen LogP contribution >= 0.6 is 11.8 Å². The summed E-state index contributed by atoms with van der Waals surface area (Å²) >= 11 is 0.950. The number of esters is 1. The number of para-hydroxylation sites is 1. The molecular formula is C22H18F3N3O3S. The van der Waals surface area contributed by atoms with E-state index in [4.69, 9.17) is 4.74 Å². The van der Waals surface area contributed by atoms with Crippen molar-refractivity contribution >= 4 is 39.7 Å². The Labute approximate surface area is 184 Å². The van der Waals surface area contributed by atoms with Crippen LogP contribution in [0.15, 0.2) is 58.5 Å². The largest absolute Gasteiger partial charge is 0.465 e. The first-order valence-electron chi connectivity index (χ1n) is 9.75. The minimum atomic E-state index is -4.58. The molecule has 0 amide bonds. The van der Waals surface area contributed by atoms with E-state index < -0.39 is 28.5 Å². The Morgan fingerprint density at radius 2 is 1.97 bits per heavy atom. The molecule has 0 spiro atoms. The number of fused-ring (bicyclic) bond motifs is 3. The molecule has 0 aliphatic rings. The number of rotatable bonds is 5. The minimum Gasteiger partial charge on any atom is -0.465 e. The second-order valence-corrected chi connectivity index (χ2v) is 8.30. The van der Waals surface area contributed by atoms with E-state index in [0.717, 1.165) is 28.5 Å². The Kier molecular flexibility index (Phi) is 5.72. The number of thioether (sulfide) groups is 1. The highest BCUT2D eigenvalue weighted by molar-refractivity contribution is 8.00. The molecule has 0 saturated heterocycles. The summed E-state index contributed by atoms with van der Waals surface area (Å²) in [5, 5.41) is 0.0510. The lowest BCUT2D eigenvalue weighted by molar-refractivity contribution is -0.142. The predicted octanol–water partition coefficient (Wildman–Crippen LogP) is 4.93. The van der Waals surface area contributed by atoms with E-state index in [0.29, 0.717) is 16.4 Å². The topological polar surface area (TPSA) is 77.0 Å².